The average Bonchev–Trinajstić information content (AvgIpc) is 2.92. The highest BCUT2D eigenvalue weighted by atomic mass is 19.4. The molecule has 1 unspecified atom stereocenters. The van der Waals surface area contributed by atoms with Gasteiger partial charge < -0.3 is 15.5 Å². The molecule has 0 saturated heterocycles. The number of aromatic nitrogens is 2. The zero-order valence-corrected chi connectivity index (χ0v) is 12.0. The summed E-state index contributed by atoms with van der Waals surface area (Å²) in [5.41, 5.74) is 8.65. The van der Waals surface area contributed by atoms with Crippen LogP contribution in [0.1, 0.15) is 17.4 Å². The maximum Gasteiger partial charge on any atom is 0.573 e. The van der Waals surface area contributed by atoms with Gasteiger partial charge in [0.1, 0.15) is 11.6 Å². The van der Waals surface area contributed by atoms with Crippen molar-refractivity contribution in [3.8, 4) is 5.75 Å². The highest BCUT2D eigenvalue weighted by Gasteiger charge is 2.30. The summed E-state index contributed by atoms with van der Waals surface area (Å²) < 4.78 is 40.2. The van der Waals surface area contributed by atoms with Crippen molar-refractivity contribution in [2.24, 2.45) is 5.73 Å². The van der Waals surface area contributed by atoms with E-state index in [-0.39, 0.29) is 11.8 Å². The molecule has 1 atom stereocenters. The van der Waals surface area contributed by atoms with E-state index in [1.54, 1.807) is 12.1 Å². The lowest BCUT2D eigenvalue weighted by atomic mass is 10.1. The molecular weight excluding hydrogens is 307 g/mol. The Morgan fingerprint density at radius 3 is 2.43 bits per heavy atom. The van der Waals surface area contributed by atoms with Crippen LogP contribution in [0.2, 0.25) is 0 Å². The molecule has 0 radical (unpaired) electrons. The first-order valence-corrected chi connectivity index (χ1v) is 6.95. The fraction of sp³-hybridized carbons (Fsp3) is 0.188. The summed E-state index contributed by atoms with van der Waals surface area (Å²) in [6.45, 7) is 0. The first-order valence-electron chi connectivity index (χ1n) is 6.95. The quantitative estimate of drug-likeness (QED) is 0.770. The molecule has 0 saturated carbocycles. The van der Waals surface area contributed by atoms with E-state index >= 15 is 0 Å². The number of ether oxygens (including phenoxy) is 1. The molecule has 1 aromatic heterocycles. The van der Waals surface area contributed by atoms with Crippen LogP contribution in [0.5, 0.6) is 5.75 Å². The molecule has 0 aliphatic carbocycles. The molecule has 0 aliphatic heterocycles. The molecule has 0 spiro atoms. The summed E-state index contributed by atoms with van der Waals surface area (Å²) in [6, 6.07) is 12.9. The monoisotopic (exact) mass is 321 g/mol. The standard InChI is InChI=1S/C16H14F3N3O/c17-16(18,19)23-11-7-5-10(6-8-11)9-12(20)15-21-13-3-1-2-4-14(13)22-15/h1-8,12H,9,20H2,(H,21,22). The molecule has 0 bridgehead atoms. The van der Waals surface area contributed by atoms with Crippen molar-refractivity contribution in [3.63, 3.8) is 0 Å². The van der Waals surface area contributed by atoms with Gasteiger partial charge in [-0.25, -0.2) is 4.98 Å². The van der Waals surface area contributed by atoms with Crippen LogP contribution in [0.4, 0.5) is 13.2 Å². The minimum Gasteiger partial charge on any atom is -0.406 e. The number of nitrogens with one attached hydrogen (secondary N) is 1. The second-order valence-electron chi connectivity index (χ2n) is 5.14. The van der Waals surface area contributed by atoms with Gasteiger partial charge in [0.05, 0.1) is 17.1 Å². The van der Waals surface area contributed by atoms with Gasteiger partial charge in [-0.15, -0.1) is 13.2 Å². The van der Waals surface area contributed by atoms with E-state index in [0.29, 0.717) is 12.2 Å². The lowest BCUT2D eigenvalue weighted by molar-refractivity contribution is -0.274. The molecule has 3 aromatic rings. The van der Waals surface area contributed by atoms with Crippen LogP contribution in [0, 0.1) is 0 Å². The Balaban J connectivity index is 1.71. The minimum atomic E-state index is -4.69. The van der Waals surface area contributed by atoms with Gasteiger partial charge in [0.15, 0.2) is 0 Å². The topological polar surface area (TPSA) is 63.9 Å². The molecule has 3 N–H and O–H groups in total. The highest BCUT2D eigenvalue weighted by molar-refractivity contribution is 5.74. The number of rotatable bonds is 4. The molecule has 4 nitrogen and oxygen atoms in total. The lowest BCUT2D eigenvalue weighted by Gasteiger charge is -2.11. The van der Waals surface area contributed by atoms with Gasteiger partial charge in [-0.3, -0.25) is 0 Å². The van der Waals surface area contributed by atoms with E-state index in [4.69, 9.17) is 5.73 Å². The Bertz CT molecular complexity index is 763. The third-order valence-corrected chi connectivity index (χ3v) is 3.37. The Kier molecular flexibility index (Phi) is 3.96. The van der Waals surface area contributed by atoms with E-state index < -0.39 is 6.36 Å². The van der Waals surface area contributed by atoms with Crippen molar-refractivity contribution in [2.45, 2.75) is 18.8 Å². The summed E-state index contributed by atoms with van der Waals surface area (Å²) in [4.78, 5) is 7.57. The summed E-state index contributed by atoms with van der Waals surface area (Å²) in [6.07, 6.45) is -4.24. The second-order valence-corrected chi connectivity index (χ2v) is 5.14. The van der Waals surface area contributed by atoms with Crippen molar-refractivity contribution in [3.05, 3.63) is 59.9 Å². The average molecular weight is 321 g/mol. The Labute approximate surface area is 130 Å². The predicted molar refractivity (Wildman–Crippen MR) is 79.9 cm³/mol. The number of hydrogen-bond donors (Lipinski definition) is 2. The molecule has 120 valence electrons. The van der Waals surface area contributed by atoms with Crippen molar-refractivity contribution in [2.75, 3.05) is 0 Å². The van der Waals surface area contributed by atoms with Crippen molar-refractivity contribution in [1.29, 1.82) is 0 Å². The number of fused-ring (bicyclic) bond motifs is 1. The number of aromatic amines is 1. The number of halogens is 3. The van der Waals surface area contributed by atoms with Crippen LogP contribution in [0.3, 0.4) is 0 Å². The predicted octanol–water partition coefficient (Wildman–Crippen LogP) is 3.70. The van der Waals surface area contributed by atoms with Gasteiger partial charge in [0.2, 0.25) is 0 Å². The highest BCUT2D eigenvalue weighted by Crippen LogP contribution is 2.24. The summed E-state index contributed by atoms with van der Waals surface area (Å²) >= 11 is 0. The van der Waals surface area contributed by atoms with Crippen LogP contribution in [0.15, 0.2) is 48.5 Å². The SMILES string of the molecule is NC(Cc1ccc(OC(F)(F)F)cc1)c1nc2ccccc2[nH]1. The van der Waals surface area contributed by atoms with Crippen LogP contribution >= 0.6 is 0 Å². The number of hydrogen-bond acceptors (Lipinski definition) is 3. The number of nitrogens with zero attached hydrogens (tertiary/aromatic N) is 1. The molecule has 0 fully saturated rings. The second kappa shape index (κ2) is 5.92. The van der Waals surface area contributed by atoms with Crippen LogP contribution in [0.25, 0.3) is 11.0 Å². The summed E-state index contributed by atoms with van der Waals surface area (Å²) in [7, 11) is 0. The molecule has 7 heteroatoms. The Morgan fingerprint density at radius 1 is 1.09 bits per heavy atom. The third-order valence-electron chi connectivity index (χ3n) is 3.37. The molecule has 0 aliphatic rings. The van der Waals surface area contributed by atoms with Crippen LogP contribution in [-0.2, 0) is 6.42 Å². The number of para-hydroxylation sites is 2. The zero-order chi connectivity index (χ0) is 16.4. The summed E-state index contributed by atoms with van der Waals surface area (Å²) in [5.74, 6) is 0.389. The number of imidazole rings is 1. The van der Waals surface area contributed by atoms with Crippen LogP contribution in [-0.4, -0.2) is 16.3 Å². The third kappa shape index (κ3) is 3.81. The fourth-order valence-corrected chi connectivity index (χ4v) is 2.33. The molecule has 2 aromatic carbocycles. The first-order chi connectivity index (χ1) is 10.9. The Morgan fingerprint density at radius 2 is 1.78 bits per heavy atom. The Hall–Kier alpha value is -2.54. The van der Waals surface area contributed by atoms with Crippen molar-refractivity contribution >= 4 is 11.0 Å². The van der Waals surface area contributed by atoms with Gasteiger partial charge in [-0.1, -0.05) is 24.3 Å². The van der Waals surface area contributed by atoms with E-state index in [9.17, 15) is 13.2 Å². The number of alkyl halides is 3. The number of H-pyrrole nitrogens is 1. The molecular formula is C16H14F3N3O. The fourth-order valence-electron chi connectivity index (χ4n) is 2.33. The molecule has 1 heterocycles. The zero-order valence-electron chi connectivity index (χ0n) is 12.0. The van der Waals surface area contributed by atoms with Crippen LogP contribution < -0.4 is 10.5 Å². The van der Waals surface area contributed by atoms with Gasteiger partial charge in [-0.05, 0) is 36.2 Å². The van der Waals surface area contributed by atoms with Crippen molar-refractivity contribution < 1.29 is 17.9 Å². The minimum absolute atomic E-state index is 0.251. The largest absolute Gasteiger partial charge is 0.573 e. The molecule has 23 heavy (non-hydrogen) atoms. The van der Waals surface area contributed by atoms with Gasteiger partial charge in [-0.2, -0.15) is 0 Å². The van der Waals surface area contributed by atoms with Gasteiger partial charge in [0.25, 0.3) is 0 Å². The number of nitrogens with two attached hydrogens (primary N) is 1. The smallest absolute Gasteiger partial charge is 0.406 e. The maximum atomic E-state index is 12.1. The van der Waals surface area contributed by atoms with E-state index in [1.165, 1.54) is 12.1 Å². The first kappa shape index (κ1) is 15.4. The van der Waals surface area contributed by atoms with E-state index in [1.807, 2.05) is 24.3 Å². The van der Waals surface area contributed by atoms with Gasteiger partial charge >= 0.3 is 6.36 Å². The molecule has 0 amide bonds. The lowest BCUT2D eigenvalue weighted by Crippen LogP contribution is -2.17. The normalized spacial score (nSPS) is 13.2. The number of benzene rings is 2. The van der Waals surface area contributed by atoms with E-state index in [2.05, 4.69) is 14.7 Å². The summed E-state index contributed by atoms with van der Waals surface area (Å²) in [5, 5.41) is 0. The van der Waals surface area contributed by atoms with Gasteiger partial charge in [0, 0.05) is 0 Å². The van der Waals surface area contributed by atoms with E-state index in [0.717, 1.165) is 16.6 Å². The van der Waals surface area contributed by atoms with Crippen molar-refractivity contribution in [1.82, 2.24) is 9.97 Å². The maximum absolute atomic E-state index is 12.1. The molecule has 3 rings (SSSR count).